The number of anilines is 1. The number of benzene rings is 1. The van der Waals surface area contributed by atoms with E-state index in [1.807, 2.05) is 14.0 Å². The Morgan fingerprint density at radius 3 is 2.95 bits per heavy atom. The molecular weight excluding hydrogens is 258 g/mol. The smallest absolute Gasteiger partial charge is 0.311 e. The van der Waals surface area contributed by atoms with Crippen LogP contribution in [-0.2, 0) is 0 Å². The minimum atomic E-state index is -0.397. The van der Waals surface area contributed by atoms with E-state index >= 15 is 0 Å². The molecule has 6 nitrogen and oxygen atoms in total. The van der Waals surface area contributed by atoms with Gasteiger partial charge in [0.1, 0.15) is 0 Å². The summed E-state index contributed by atoms with van der Waals surface area (Å²) in [5, 5.41) is 14.3. The van der Waals surface area contributed by atoms with Gasteiger partial charge in [-0.3, -0.25) is 10.1 Å². The van der Waals surface area contributed by atoms with Crippen LogP contribution in [0.2, 0.25) is 0 Å². The molecule has 2 rings (SSSR count). The summed E-state index contributed by atoms with van der Waals surface area (Å²) in [6.07, 6.45) is 1.91. The van der Waals surface area contributed by atoms with Gasteiger partial charge in [0, 0.05) is 37.5 Å². The second-order valence-corrected chi connectivity index (χ2v) is 5.02. The van der Waals surface area contributed by atoms with Crippen LogP contribution in [0.3, 0.4) is 0 Å². The van der Waals surface area contributed by atoms with Crippen molar-refractivity contribution in [2.75, 3.05) is 31.6 Å². The maximum Gasteiger partial charge on any atom is 0.311 e. The van der Waals surface area contributed by atoms with E-state index in [9.17, 15) is 10.1 Å². The summed E-state index contributed by atoms with van der Waals surface area (Å²) < 4.78 is 5.52. The van der Waals surface area contributed by atoms with Crippen LogP contribution in [0.5, 0.6) is 5.75 Å². The highest BCUT2D eigenvalue weighted by atomic mass is 16.6. The third-order valence-electron chi connectivity index (χ3n) is 3.59. The van der Waals surface area contributed by atoms with E-state index in [1.54, 1.807) is 12.1 Å². The molecule has 0 bridgehead atoms. The summed E-state index contributed by atoms with van der Waals surface area (Å²) >= 11 is 0. The molecule has 1 unspecified atom stereocenters. The zero-order chi connectivity index (χ0) is 14.5. The number of ether oxygens (including phenoxy) is 1. The molecule has 20 heavy (non-hydrogen) atoms. The van der Waals surface area contributed by atoms with Crippen molar-refractivity contribution in [1.82, 2.24) is 5.32 Å². The predicted octanol–water partition coefficient (Wildman–Crippen LogP) is 2.18. The minimum Gasteiger partial charge on any atom is -0.487 e. The molecule has 6 heteroatoms. The molecule has 0 saturated carbocycles. The Morgan fingerprint density at radius 2 is 2.35 bits per heavy atom. The predicted molar refractivity (Wildman–Crippen MR) is 78.6 cm³/mol. The van der Waals surface area contributed by atoms with E-state index in [1.165, 1.54) is 6.07 Å². The van der Waals surface area contributed by atoms with Gasteiger partial charge in [0.15, 0.2) is 5.75 Å². The lowest BCUT2D eigenvalue weighted by Gasteiger charge is -2.26. The molecule has 1 heterocycles. The monoisotopic (exact) mass is 279 g/mol. The Balaban J connectivity index is 2.23. The summed E-state index contributed by atoms with van der Waals surface area (Å²) in [6, 6.07) is 5.51. The van der Waals surface area contributed by atoms with E-state index in [0.717, 1.165) is 31.6 Å². The quantitative estimate of drug-likeness (QED) is 0.638. The number of hydrogen-bond donors (Lipinski definition) is 1. The standard InChI is InChI=1S/C14H21N3O3/c1-3-8-20-14-9-11(4-5-13(14)17(18)19)16(2)12-6-7-15-10-12/h4-5,9,12,15H,3,6-8,10H2,1-2H3. The molecule has 1 aliphatic heterocycles. The minimum absolute atomic E-state index is 0.0279. The Kier molecular flexibility index (Phi) is 4.79. The summed E-state index contributed by atoms with van der Waals surface area (Å²) in [5.74, 6) is 0.354. The topological polar surface area (TPSA) is 67.6 Å². The van der Waals surface area contributed by atoms with Crippen LogP contribution in [0.4, 0.5) is 11.4 Å². The first-order valence-electron chi connectivity index (χ1n) is 6.98. The molecule has 1 N–H and O–H groups in total. The van der Waals surface area contributed by atoms with Gasteiger partial charge in [-0.1, -0.05) is 6.92 Å². The number of likely N-dealkylation sites (N-methyl/N-ethyl adjacent to an activating group) is 1. The number of nitrogens with zero attached hydrogens (tertiary/aromatic N) is 2. The molecule has 110 valence electrons. The molecule has 1 aliphatic rings. The van der Waals surface area contributed by atoms with Gasteiger partial charge in [-0.25, -0.2) is 0 Å². The van der Waals surface area contributed by atoms with E-state index in [-0.39, 0.29) is 5.69 Å². The zero-order valence-electron chi connectivity index (χ0n) is 12.0. The van der Waals surface area contributed by atoms with Crippen molar-refractivity contribution in [1.29, 1.82) is 0 Å². The highest BCUT2D eigenvalue weighted by molar-refractivity contribution is 5.59. The van der Waals surface area contributed by atoms with Crippen LogP contribution in [0.15, 0.2) is 18.2 Å². The first-order valence-corrected chi connectivity index (χ1v) is 6.98. The SMILES string of the molecule is CCCOc1cc(N(C)C2CCNC2)ccc1[N+](=O)[O-]. The lowest BCUT2D eigenvalue weighted by molar-refractivity contribution is -0.385. The van der Waals surface area contributed by atoms with Gasteiger partial charge < -0.3 is 15.0 Å². The van der Waals surface area contributed by atoms with Crippen molar-refractivity contribution in [3.8, 4) is 5.75 Å². The van der Waals surface area contributed by atoms with Gasteiger partial charge in [-0.15, -0.1) is 0 Å². The first kappa shape index (κ1) is 14.6. The molecule has 0 spiro atoms. The fraction of sp³-hybridized carbons (Fsp3) is 0.571. The number of nitro groups is 1. The highest BCUT2D eigenvalue weighted by Gasteiger charge is 2.22. The normalized spacial score (nSPS) is 18.0. The summed E-state index contributed by atoms with van der Waals surface area (Å²) in [5.41, 5.74) is 0.982. The molecule has 1 aromatic carbocycles. The number of hydrogen-bond acceptors (Lipinski definition) is 5. The van der Waals surface area contributed by atoms with E-state index in [0.29, 0.717) is 18.4 Å². The van der Waals surface area contributed by atoms with Crippen LogP contribution in [-0.4, -0.2) is 37.7 Å². The van der Waals surface area contributed by atoms with Gasteiger partial charge >= 0.3 is 5.69 Å². The molecular formula is C14H21N3O3. The second kappa shape index (κ2) is 6.56. The molecule has 0 amide bonds. The number of nitrogens with one attached hydrogen (secondary N) is 1. The van der Waals surface area contributed by atoms with Crippen LogP contribution >= 0.6 is 0 Å². The Labute approximate surface area is 118 Å². The Hall–Kier alpha value is -1.82. The maximum atomic E-state index is 11.0. The molecule has 1 atom stereocenters. The summed E-state index contributed by atoms with van der Waals surface area (Å²) in [4.78, 5) is 12.8. The van der Waals surface area contributed by atoms with Gasteiger partial charge in [0.05, 0.1) is 11.5 Å². The van der Waals surface area contributed by atoms with Crippen molar-refractivity contribution < 1.29 is 9.66 Å². The Bertz CT molecular complexity index is 473. The van der Waals surface area contributed by atoms with Crippen molar-refractivity contribution >= 4 is 11.4 Å². The molecule has 0 radical (unpaired) electrons. The molecule has 1 saturated heterocycles. The lowest BCUT2D eigenvalue weighted by atomic mass is 10.2. The van der Waals surface area contributed by atoms with Crippen molar-refractivity contribution in [2.24, 2.45) is 0 Å². The fourth-order valence-electron chi connectivity index (χ4n) is 2.38. The van der Waals surface area contributed by atoms with E-state index in [4.69, 9.17) is 4.74 Å². The highest BCUT2D eigenvalue weighted by Crippen LogP contribution is 2.32. The zero-order valence-corrected chi connectivity index (χ0v) is 12.0. The van der Waals surface area contributed by atoms with Crippen LogP contribution < -0.4 is 15.0 Å². The Morgan fingerprint density at radius 1 is 1.55 bits per heavy atom. The number of rotatable bonds is 6. The number of nitro benzene ring substituents is 1. The second-order valence-electron chi connectivity index (χ2n) is 5.02. The van der Waals surface area contributed by atoms with E-state index in [2.05, 4.69) is 10.2 Å². The van der Waals surface area contributed by atoms with Gasteiger partial charge in [0.2, 0.25) is 0 Å². The van der Waals surface area contributed by atoms with Crippen LogP contribution in [0.1, 0.15) is 19.8 Å². The third kappa shape index (κ3) is 3.19. The first-order chi connectivity index (χ1) is 9.63. The molecule has 0 aromatic heterocycles. The third-order valence-corrected chi connectivity index (χ3v) is 3.59. The molecule has 1 aromatic rings. The van der Waals surface area contributed by atoms with Gasteiger partial charge in [-0.2, -0.15) is 0 Å². The largest absolute Gasteiger partial charge is 0.487 e. The molecule has 0 aliphatic carbocycles. The van der Waals surface area contributed by atoms with Gasteiger partial charge in [-0.05, 0) is 25.5 Å². The lowest BCUT2D eigenvalue weighted by Crippen LogP contribution is -2.33. The fourth-order valence-corrected chi connectivity index (χ4v) is 2.38. The average molecular weight is 279 g/mol. The van der Waals surface area contributed by atoms with Crippen molar-refractivity contribution in [3.63, 3.8) is 0 Å². The van der Waals surface area contributed by atoms with Crippen molar-refractivity contribution in [2.45, 2.75) is 25.8 Å². The summed E-state index contributed by atoms with van der Waals surface area (Å²) in [7, 11) is 2.02. The van der Waals surface area contributed by atoms with Crippen LogP contribution in [0, 0.1) is 10.1 Å². The maximum absolute atomic E-state index is 11.0. The van der Waals surface area contributed by atoms with E-state index < -0.39 is 4.92 Å². The van der Waals surface area contributed by atoms with Crippen LogP contribution in [0.25, 0.3) is 0 Å². The summed E-state index contributed by atoms with van der Waals surface area (Å²) in [6.45, 7) is 4.42. The molecule has 1 fully saturated rings. The average Bonchev–Trinajstić information content (AvgIpc) is 2.97. The van der Waals surface area contributed by atoms with Crippen molar-refractivity contribution in [3.05, 3.63) is 28.3 Å². The van der Waals surface area contributed by atoms with Gasteiger partial charge in [0.25, 0.3) is 0 Å².